The Kier molecular flexibility index (Phi) is 5.34. The fourth-order valence-electron chi connectivity index (χ4n) is 2.17. The van der Waals surface area contributed by atoms with Crippen LogP contribution in [0.1, 0.15) is 13.3 Å². The predicted molar refractivity (Wildman–Crippen MR) is 78.6 cm³/mol. The molecule has 1 aromatic carbocycles. The third kappa shape index (κ3) is 3.91. The third-order valence-electron chi connectivity index (χ3n) is 3.34. The van der Waals surface area contributed by atoms with Crippen molar-refractivity contribution in [2.45, 2.75) is 19.4 Å². The maximum Gasteiger partial charge on any atom is 0.238 e. The molecule has 20 heavy (non-hydrogen) atoms. The number of halogens is 2. The van der Waals surface area contributed by atoms with E-state index in [1.54, 1.807) is 0 Å². The molecule has 1 aliphatic rings. The first-order valence-electron chi connectivity index (χ1n) is 6.80. The maximum atomic E-state index is 13.0. The van der Waals surface area contributed by atoms with Gasteiger partial charge in [-0.25, -0.2) is 4.39 Å². The Morgan fingerprint density at radius 2 is 2.30 bits per heavy atom. The highest BCUT2D eigenvalue weighted by atomic mass is 35.5. The molecule has 0 aromatic heterocycles. The number of anilines is 1. The van der Waals surface area contributed by atoms with Crippen molar-refractivity contribution in [3.63, 3.8) is 0 Å². The Morgan fingerprint density at radius 3 is 2.85 bits per heavy atom. The van der Waals surface area contributed by atoms with Crippen LogP contribution in [0.25, 0.3) is 0 Å². The Hall–Kier alpha value is -1.17. The molecular formula is C14H19ClFN3O. The predicted octanol–water partition coefficient (Wildman–Crippen LogP) is 2.10. The highest BCUT2D eigenvalue weighted by Crippen LogP contribution is 2.19. The van der Waals surface area contributed by atoms with E-state index in [1.165, 1.54) is 18.2 Å². The van der Waals surface area contributed by atoms with E-state index >= 15 is 0 Å². The van der Waals surface area contributed by atoms with Crippen LogP contribution < -0.4 is 10.6 Å². The molecule has 0 aliphatic carbocycles. The number of amides is 1. The summed E-state index contributed by atoms with van der Waals surface area (Å²) in [5, 5.41) is 5.96. The van der Waals surface area contributed by atoms with E-state index in [0.717, 1.165) is 26.1 Å². The van der Waals surface area contributed by atoms with E-state index in [9.17, 15) is 9.18 Å². The van der Waals surface area contributed by atoms with Crippen LogP contribution in [-0.4, -0.2) is 43.0 Å². The van der Waals surface area contributed by atoms with E-state index in [2.05, 4.69) is 22.5 Å². The fraction of sp³-hybridized carbons (Fsp3) is 0.500. The summed E-state index contributed by atoms with van der Waals surface area (Å²) in [7, 11) is 0. The summed E-state index contributed by atoms with van der Waals surface area (Å²) in [5.74, 6) is -0.592. The van der Waals surface area contributed by atoms with E-state index < -0.39 is 5.82 Å². The van der Waals surface area contributed by atoms with Gasteiger partial charge in [-0.2, -0.15) is 0 Å². The second-order valence-corrected chi connectivity index (χ2v) is 5.37. The van der Waals surface area contributed by atoms with Gasteiger partial charge in [0.15, 0.2) is 0 Å². The van der Waals surface area contributed by atoms with E-state index in [0.29, 0.717) is 18.3 Å². The van der Waals surface area contributed by atoms with Gasteiger partial charge in [-0.15, -0.1) is 0 Å². The summed E-state index contributed by atoms with van der Waals surface area (Å²) >= 11 is 5.69. The summed E-state index contributed by atoms with van der Waals surface area (Å²) in [6.45, 7) is 5.18. The Bertz CT molecular complexity index is 479. The average Bonchev–Trinajstić information content (AvgIpc) is 2.32. The molecule has 0 atom stereocenters. The number of hydrogen-bond acceptors (Lipinski definition) is 3. The van der Waals surface area contributed by atoms with Crippen molar-refractivity contribution >= 4 is 23.2 Å². The Balaban J connectivity index is 1.91. The maximum absolute atomic E-state index is 13.0. The summed E-state index contributed by atoms with van der Waals surface area (Å²) in [5.41, 5.74) is 0.518. The molecule has 1 saturated heterocycles. The molecule has 0 saturated carbocycles. The molecule has 1 heterocycles. The number of hydrogen-bond donors (Lipinski definition) is 2. The van der Waals surface area contributed by atoms with Crippen molar-refractivity contribution in [1.82, 2.24) is 10.2 Å². The SMILES string of the molecule is CCCN(CC(=O)Nc1ccc(F)c(Cl)c1)C1CNC1. The molecule has 1 amide bonds. The first-order valence-corrected chi connectivity index (χ1v) is 7.17. The molecule has 1 fully saturated rings. The minimum Gasteiger partial charge on any atom is -0.325 e. The number of nitrogens with one attached hydrogen (secondary N) is 2. The molecule has 110 valence electrons. The Labute approximate surface area is 123 Å². The molecule has 0 spiro atoms. The highest BCUT2D eigenvalue weighted by Gasteiger charge is 2.25. The van der Waals surface area contributed by atoms with Gasteiger partial charge in [0.05, 0.1) is 11.6 Å². The van der Waals surface area contributed by atoms with E-state index in [4.69, 9.17) is 11.6 Å². The molecule has 0 radical (unpaired) electrons. The van der Waals surface area contributed by atoms with Crippen molar-refractivity contribution in [3.05, 3.63) is 29.0 Å². The number of rotatable bonds is 6. The van der Waals surface area contributed by atoms with Crippen molar-refractivity contribution in [2.75, 3.05) is 31.5 Å². The second kappa shape index (κ2) is 7.02. The molecule has 6 heteroatoms. The van der Waals surface area contributed by atoms with Crippen LogP contribution in [0.15, 0.2) is 18.2 Å². The summed E-state index contributed by atoms with van der Waals surface area (Å²) in [6, 6.07) is 4.60. The lowest BCUT2D eigenvalue weighted by molar-refractivity contribution is -0.118. The molecule has 0 bridgehead atoms. The van der Waals surface area contributed by atoms with Gasteiger partial charge in [-0.1, -0.05) is 18.5 Å². The molecule has 4 nitrogen and oxygen atoms in total. The minimum absolute atomic E-state index is 0.0106. The van der Waals surface area contributed by atoms with E-state index in [-0.39, 0.29) is 10.9 Å². The molecule has 2 rings (SSSR count). The molecule has 1 aliphatic heterocycles. The zero-order chi connectivity index (χ0) is 14.5. The molecule has 0 unspecified atom stereocenters. The number of carbonyl (C=O) groups excluding carboxylic acids is 1. The van der Waals surface area contributed by atoms with Gasteiger partial charge in [0.25, 0.3) is 0 Å². The second-order valence-electron chi connectivity index (χ2n) is 4.96. The van der Waals surface area contributed by atoms with Crippen LogP contribution in [-0.2, 0) is 4.79 Å². The lowest BCUT2D eigenvalue weighted by atomic mass is 10.1. The van der Waals surface area contributed by atoms with E-state index in [1.807, 2.05) is 0 Å². The minimum atomic E-state index is -0.488. The Morgan fingerprint density at radius 1 is 1.55 bits per heavy atom. The number of nitrogens with zero attached hydrogens (tertiary/aromatic N) is 1. The van der Waals surface area contributed by atoms with Crippen molar-refractivity contribution < 1.29 is 9.18 Å². The van der Waals surface area contributed by atoms with Gasteiger partial charge in [0.2, 0.25) is 5.91 Å². The smallest absolute Gasteiger partial charge is 0.238 e. The lowest BCUT2D eigenvalue weighted by Crippen LogP contribution is -2.58. The zero-order valence-corrected chi connectivity index (χ0v) is 12.2. The van der Waals surface area contributed by atoms with Gasteiger partial charge in [0, 0.05) is 24.8 Å². The summed E-state index contributed by atoms with van der Waals surface area (Å²) in [4.78, 5) is 14.2. The summed E-state index contributed by atoms with van der Waals surface area (Å²) in [6.07, 6.45) is 1.01. The average molecular weight is 300 g/mol. The quantitative estimate of drug-likeness (QED) is 0.845. The van der Waals surface area contributed by atoms with Crippen molar-refractivity contribution in [3.8, 4) is 0 Å². The molecular weight excluding hydrogens is 281 g/mol. The van der Waals surface area contributed by atoms with Crippen LogP contribution in [0, 0.1) is 5.82 Å². The van der Waals surface area contributed by atoms with Gasteiger partial charge in [0.1, 0.15) is 5.82 Å². The van der Waals surface area contributed by atoms with Crippen LogP contribution in [0.4, 0.5) is 10.1 Å². The largest absolute Gasteiger partial charge is 0.325 e. The monoisotopic (exact) mass is 299 g/mol. The molecule has 2 N–H and O–H groups in total. The van der Waals surface area contributed by atoms with Crippen molar-refractivity contribution in [2.24, 2.45) is 0 Å². The van der Waals surface area contributed by atoms with Crippen LogP contribution in [0.2, 0.25) is 5.02 Å². The van der Waals surface area contributed by atoms with Crippen LogP contribution in [0.5, 0.6) is 0 Å². The van der Waals surface area contributed by atoms with Crippen LogP contribution >= 0.6 is 11.6 Å². The normalized spacial score (nSPS) is 15.2. The first kappa shape index (κ1) is 15.2. The highest BCUT2D eigenvalue weighted by molar-refractivity contribution is 6.31. The number of benzene rings is 1. The topological polar surface area (TPSA) is 44.4 Å². The van der Waals surface area contributed by atoms with Gasteiger partial charge in [-0.3, -0.25) is 9.69 Å². The van der Waals surface area contributed by atoms with Gasteiger partial charge < -0.3 is 10.6 Å². The fourth-order valence-corrected chi connectivity index (χ4v) is 2.35. The number of carbonyl (C=O) groups is 1. The standard InChI is InChI=1S/C14H19ClFN3O/c1-2-5-19(11-7-17-8-11)9-14(20)18-10-3-4-13(16)12(15)6-10/h3-4,6,11,17H,2,5,7-9H2,1H3,(H,18,20). The van der Waals surface area contributed by atoms with Crippen molar-refractivity contribution in [1.29, 1.82) is 0 Å². The third-order valence-corrected chi connectivity index (χ3v) is 3.63. The first-order chi connectivity index (χ1) is 9.60. The van der Waals surface area contributed by atoms with Crippen LogP contribution in [0.3, 0.4) is 0 Å². The summed E-state index contributed by atoms with van der Waals surface area (Å²) < 4.78 is 13.0. The zero-order valence-electron chi connectivity index (χ0n) is 11.5. The van der Waals surface area contributed by atoms with Gasteiger partial charge in [-0.05, 0) is 31.2 Å². The lowest BCUT2D eigenvalue weighted by Gasteiger charge is -2.37. The molecule has 1 aromatic rings. The van der Waals surface area contributed by atoms with Gasteiger partial charge >= 0.3 is 0 Å².